The third-order valence-corrected chi connectivity index (χ3v) is 5.68. The van der Waals surface area contributed by atoms with Gasteiger partial charge in [0, 0.05) is 44.5 Å². The molecule has 2 aromatic carbocycles. The van der Waals surface area contributed by atoms with Gasteiger partial charge < -0.3 is 19.9 Å². The number of rotatable bonds is 6. The molecule has 2 heterocycles. The molecule has 0 atom stereocenters. The second kappa shape index (κ2) is 9.18. The Balaban J connectivity index is 1.47. The first-order chi connectivity index (χ1) is 15.1. The van der Waals surface area contributed by atoms with Crippen LogP contribution >= 0.6 is 0 Å². The normalized spacial score (nSPS) is 14.5. The van der Waals surface area contributed by atoms with Crippen LogP contribution in [-0.2, 0) is 6.54 Å². The molecular weight excluding hydrogens is 392 g/mol. The van der Waals surface area contributed by atoms with Gasteiger partial charge >= 0.3 is 0 Å². The number of anilines is 1. The smallest absolute Gasteiger partial charge is 0.274 e. The molecule has 0 aliphatic carbocycles. The van der Waals surface area contributed by atoms with E-state index >= 15 is 0 Å². The van der Waals surface area contributed by atoms with E-state index in [-0.39, 0.29) is 5.91 Å². The van der Waals surface area contributed by atoms with Gasteiger partial charge in [0.15, 0.2) is 5.69 Å². The summed E-state index contributed by atoms with van der Waals surface area (Å²) in [7, 11) is 3.76. The Morgan fingerprint density at radius 2 is 1.87 bits per heavy atom. The number of nitrogens with one attached hydrogen (secondary N) is 1. The number of likely N-dealkylation sites (N-methyl/N-ethyl adjacent to an activating group) is 1. The number of nitrogens with zero attached hydrogens (tertiary/aromatic N) is 5. The monoisotopic (exact) mass is 420 g/mol. The maximum Gasteiger partial charge on any atom is 0.274 e. The Bertz CT molecular complexity index is 1060. The van der Waals surface area contributed by atoms with Gasteiger partial charge in [-0.1, -0.05) is 29.5 Å². The first-order valence-corrected chi connectivity index (χ1v) is 10.4. The van der Waals surface area contributed by atoms with Crippen molar-refractivity contribution in [3.8, 4) is 11.4 Å². The molecule has 1 aliphatic heterocycles. The van der Waals surface area contributed by atoms with Gasteiger partial charge in [-0.05, 0) is 37.7 Å². The summed E-state index contributed by atoms with van der Waals surface area (Å²) < 4.78 is 6.93. The SMILES string of the molecule is COc1cccc(-n2nnc(C(=O)NCc3ccccc3N3CCN(C)CC3)c2C)c1. The summed E-state index contributed by atoms with van der Waals surface area (Å²) in [5, 5.41) is 11.3. The number of benzene rings is 2. The molecule has 8 nitrogen and oxygen atoms in total. The first-order valence-electron chi connectivity index (χ1n) is 10.4. The van der Waals surface area contributed by atoms with E-state index in [1.165, 1.54) is 5.69 Å². The third-order valence-electron chi connectivity index (χ3n) is 5.68. The summed E-state index contributed by atoms with van der Waals surface area (Å²) in [6.45, 7) is 6.31. The van der Waals surface area contributed by atoms with Gasteiger partial charge in [-0.2, -0.15) is 0 Å². The second-order valence-electron chi connectivity index (χ2n) is 7.74. The predicted octanol–water partition coefficient (Wildman–Crippen LogP) is 2.27. The minimum atomic E-state index is -0.236. The number of aromatic nitrogens is 3. The molecule has 0 radical (unpaired) electrons. The van der Waals surface area contributed by atoms with Crippen molar-refractivity contribution in [3.05, 3.63) is 65.5 Å². The van der Waals surface area contributed by atoms with Crippen LogP contribution in [0.15, 0.2) is 48.5 Å². The van der Waals surface area contributed by atoms with Crippen molar-refractivity contribution in [2.45, 2.75) is 13.5 Å². The third kappa shape index (κ3) is 4.54. The highest BCUT2D eigenvalue weighted by Crippen LogP contribution is 2.22. The van der Waals surface area contributed by atoms with Crippen molar-refractivity contribution in [2.75, 3.05) is 45.2 Å². The lowest BCUT2D eigenvalue weighted by Gasteiger charge is -2.35. The number of carbonyl (C=O) groups is 1. The van der Waals surface area contributed by atoms with E-state index in [2.05, 4.69) is 44.6 Å². The maximum absolute atomic E-state index is 12.9. The van der Waals surface area contributed by atoms with E-state index < -0.39 is 0 Å². The van der Waals surface area contributed by atoms with Gasteiger partial charge in [0.2, 0.25) is 0 Å². The number of para-hydroxylation sites is 1. The Labute approximate surface area is 182 Å². The summed E-state index contributed by atoms with van der Waals surface area (Å²) in [5.41, 5.74) is 4.06. The van der Waals surface area contributed by atoms with Crippen molar-refractivity contribution in [2.24, 2.45) is 0 Å². The highest BCUT2D eigenvalue weighted by atomic mass is 16.5. The zero-order valence-electron chi connectivity index (χ0n) is 18.2. The fourth-order valence-corrected chi connectivity index (χ4v) is 3.80. The van der Waals surface area contributed by atoms with Crippen molar-refractivity contribution in [1.29, 1.82) is 0 Å². The Hall–Kier alpha value is -3.39. The molecule has 1 saturated heterocycles. The van der Waals surface area contributed by atoms with E-state index in [0.29, 0.717) is 17.9 Å². The average Bonchev–Trinajstić information content (AvgIpc) is 3.19. The number of hydrogen-bond donors (Lipinski definition) is 1. The van der Waals surface area contributed by atoms with E-state index in [1.54, 1.807) is 11.8 Å². The van der Waals surface area contributed by atoms with Crippen molar-refractivity contribution >= 4 is 11.6 Å². The van der Waals surface area contributed by atoms with Crippen LogP contribution in [0.25, 0.3) is 5.69 Å². The van der Waals surface area contributed by atoms with Crippen LogP contribution in [-0.4, -0.2) is 66.1 Å². The van der Waals surface area contributed by atoms with Crippen molar-refractivity contribution in [1.82, 2.24) is 25.2 Å². The van der Waals surface area contributed by atoms with Gasteiger partial charge in [0.25, 0.3) is 5.91 Å². The molecule has 8 heteroatoms. The zero-order valence-corrected chi connectivity index (χ0v) is 18.2. The Morgan fingerprint density at radius 3 is 2.65 bits per heavy atom. The molecule has 1 aliphatic rings. The van der Waals surface area contributed by atoms with E-state index in [1.807, 2.05) is 43.3 Å². The van der Waals surface area contributed by atoms with Gasteiger partial charge in [0.1, 0.15) is 5.75 Å². The molecule has 1 amide bonds. The van der Waals surface area contributed by atoms with Gasteiger partial charge in [-0.15, -0.1) is 5.10 Å². The first kappa shape index (κ1) is 20.9. The molecule has 0 unspecified atom stereocenters. The zero-order chi connectivity index (χ0) is 21.8. The van der Waals surface area contributed by atoms with Crippen LogP contribution in [0, 0.1) is 6.92 Å². The standard InChI is InChI=1S/C23H28N6O2/c1-17-22(25-26-29(17)19-8-6-9-20(15-19)31-3)23(30)24-16-18-7-4-5-10-21(18)28-13-11-27(2)12-14-28/h4-10,15H,11-14,16H2,1-3H3,(H,24,30). The Kier molecular flexibility index (Phi) is 6.18. The average molecular weight is 421 g/mol. The topological polar surface area (TPSA) is 75.5 Å². The lowest BCUT2D eigenvalue weighted by atomic mass is 10.1. The number of hydrogen-bond acceptors (Lipinski definition) is 6. The van der Waals surface area contributed by atoms with Crippen LogP contribution in [0.2, 0.25) is 0 Å². The molecule has 31 heavy (non-hydrogen) atoms. The molecule has 1 aromatic heterocycles. The summed E-state index contributed by atoms with van der Waals surface area (Å²) in [6.07, 6.45) is 0. The van der Waals surface area contributed by atoms with E-state index in [4.69, 9.17) is 4.74 Å². The maximum atomic E-state index is 12.9. The Morgan fingerprint density at radius 1 is 1.10 bits per heavy atom. The molecule has 1 N–H and O–H groups in total. The molecule has 0 spiro atoms. The van der Waals surface area contributed by atoms with Crippen LogP contribution < -0.4 is 15.0 Å². The number of amides is 1. The number of piperazine rings is 1. The highest BCUT2D eigenvalue weighted by molar-refractivity contribution is 5.93. The molecular formula is C23H28N6O2. The van der Waals surface area contributed by atoms with Crippen LogP contribution in [0.1, 0.15) is 21.7 Å². The molecule has 0 saturated carbocycles. The lowest BCUT2D eigenvalue weighted by molar-refractivity contribution is 0.0945. The van der Waals surface area contributed by atoms with E-state index in [0.717, 1.165) is 43.2 Å². The van der Waals surface area contributed by atoms with Crippen molar-refractivity contribution in [3.63, 3.8) is 0 Å². The van der Waals surface area contributed by atoms with Gasteiger partial charge in [-0.3, -0.25) is 4.79 Å². The summed E-state index contributed by atoms with van der Waals surface area (Å²) in [4.78, 5) is 17.6. The molecule has 1 fully saturated rings. The van der Waals surface area contributed by atoms with Gasteiger partial charge in [0.05, 0.1) is 18.5 Å². The summed E-state index contributed by atoms with van der Waals surface area (Å²) in [6, 6.07) is 15.7. The number of carbonyl (C=O) groups excluding carboxylic acids is 1. The fraction of sp³-hybridized carbons (Fsp3) is 0.348. The van der Waals surface area contributed by atoms with Crippen LogP contribution in [0.4, 0.5) is 5.69 Å². The molecule has 162 valence electrons. The largest absolute Gasteiger partial charge is 0.497 e. The quantitative estimate of drug-likeness (QED) is 0.659. The lowest BCUT2D eigenvalue weighted by Crippen LogP contribution is -2.45. The highest BCUT2D eigenvalue weighted by Gasteiger charge is 2.20. The van der Waals surface area contributed by atoms with Crippen molar-refractivity contribution < 1.29 is 9.53 Å². The summed E-state index contributed by atoms with van der Waals surface area (Å²) in [5.74, 6) is 0.485. The number of methoxy groups -OCH3 is 1. The molecule has 0 bridgehead atoms. The second-order valence-corrected chi connectivity index (χ2v) is 7.74. The van der Waals surface area contributed by atoms with E-state index in [9.17, 15) is 4.79 Å². The van der Waals surface area contributed by atoms with Gasteiger partial charge in [-0.25, -0.2) is 4.68 Å². The van der Waals surface area contributed by atoms with Crippen LogP contribution in [0.5, 0.6) is 5.75 Å². The molecule has 3 aromatic rings. The van der Waals surface area contributed by atoms with Crippen LogP contribution in [0.3, 0.4) is 0 Å². The predicted molar refractivity (Wildman–Crippen MR) is 120 cm³/mol. The summed E-state index contributed by atoms with van der Waals surface area (Å²) >= 11 is 0. The minimum absolute atomic E-state index is 0.236. The number of ether oxygens (including phenoxy) is 1. The fourth-order valence-electron chi connectivity index (χ4n) is 3.80. The minimum Gasteiger partial charge on any atom is -0.497 e. The molecule has 4 rings (SSSR count).